The molecule has 0 aliphatic carbocycles. The fourth-order valence-corrected chi connectivity index (χ4v) is 2.59. The van der Waals surface area contributed by atoms with Gasteiger partial charge in [-0.25, -0.2) is 0 Å². The van der Waals surface area contributed by atoms with Crippen molar-refractivity contribution < 1.29 is 0 Å². The lowest BCUT2D eigenvalue weighted by atomic mass is 10.2. The first-order chi connectivity index (χ1) is 9.42. The normalized spacial score (nSPS) is 10.1. The second-order valence-electron chi connectivity index (χ2n) is 4.18. The maximum absolute atomic E-state index is 3.39. The van der Waals surface area contributed by atoms with Gasteiger partial charge >= 0.3 is 0 Å². The molecule has 0 spiro atoms. The Kier molecular flexibility index (Phi) is 3.58. The maximum atomic E-state index is 3.39. The lowest BCUT2D eigenvalue weighted by Crippen LogP contribution is -1.75. The molecule has 92 valence electrons. The van der Waals surface area contributed by atoms with E-state index in [4.69, 9.17) is 0 Å². The van der Waals surface area contributed by atoms with E-state index >= 15 is 0 Å². The zero-order chi connectivity index (χ0) is 12.9. The van der Waals surface area contributed by atoms with Crippen LogP contribution < -0.4 is 0 Å². The van der Waals surface area contributed by atoms with E-state index in [1.165, 1.54) is 15.9 Å². The molecule has 0 fully saturated rings. The van der Waals surface area contributed by atoms with Gasteiger partial charge in [-0.05, 0) is 24.3 Å². The standard InChI is InChI=1S/C17H13NS/c1-2-7-14(8-3-1)9-6-12-19-17-13-15-10-4-5-11-16(15)18-17/h1-5,7-8,10-11,13,18H,12H2. The highest BCUT2D eigenvalue weighted by Crippen LogP contribution is 2.22. The minimum absolute atomic E-state index is 0.793. The summed E-state index contributed by atoms with van der Waals surface area (Å²) in [7, 11) is 0. The molecule has 0 unspecified atom stereocenters. The number of thioether (sulfide) groups is 1. The number of aromatic amines is 1. The fraction of sp³-hybridized carbons (Fsp3) is 0.0588. The third-order valence-corrected chi connectivity index (χ3v) is 3.63. The molecular formula is C17H13NS. The number of para-hydroxylation sites is 1. The molecule has 1 nitrogen and oxygen atoms in total. The van der Waals surface area contributed by atoms with Crippen LogP contribution in [0.4, 0.5) is 0 Å². The van der Waals surface area contributed by atoms with Crippen LogP contribution in [0.15, 0.2) is 65.7 Å². The van der Waals surface area contributed by atoms with E-state index in [-0.39, 0.29) is 0 Å². The van der Waals surface area contributed by atoms with Gasteiger partial charge in [0.15, 0.2) is 0 Å². The highest BCUT2D eigenvalue weighted by Gasteiger charge is 1.98. The van der Waals surface area contributed by atoms with E-state index in [0.29, 0.717) is 0 Å². The van der Waals surface area contributed by atoms with Gasteiger partial charge in [-0.1, -0.05) is 60.0 Å². The monoisotopic (exact) mass is 263 g/mol. The first-order valence-corrected chi connectivity index (χ1v) is 7.15. The summed E-state index contributed by atoms with van der Waals surface area (Å²) in [6.45, 7) is 0. The summed E-state index contributed by atoms with van der Waals surface area (Å²) in [5.74, 6) is 7.14. The molecule has 0 radical (unpaired) electrons. The van der Waals surface area contributed by atoms with Gasteiger partial charge in [0.1, 0.15) is 0 Å². The Morgan fingerprint density at radius 3 is 2.58 bits per heavy atom. The van der Waals surface area contributed by atoms with Crippen molar-refractivity contribution in [3.05, 3.63) is 66.2 Å². The maximum Gasteiger partial charge on any atom is 0.0741 e. The molecule has 1 N–H and O–H groups in total. The number of H-pyrrole nitrogens is 1. The van der Waals surface area contributed by atoms with Gasteiger partial charge in [-0.15, -0.1) is 0 Å². The number of nitrogens with one attached hydrogen (secondary N) is 1. The Morgan fingerprint density at radius 2 is 1.74 bits per heavy atom. The molecule has 0 bridgehead atoms. The molecule has 0 amide bonds. The fourth-order valence-electron chi connectivity index (χ4n) is 1.90. The Labute approximate surface area is 117 Å². The van der Waals surface area contributed by atoms with Crippen LogP contribution in [0.2, 0.25) is 0 Å². The second-order valence-corrected chi connectivity index (χ2v) is 5.19. The largest absolute Gasteiger partial charge is 0.350 e. The van der Waals surface area contributed by atoms with Crippen LogP contribution >= 0.6 is 11.8 Å². The average molecular weight is 263 g/mol. The molecule has 2 aromatic carbocycles. The third-order valence-electron chi connectivity index (χ3n) is 2.81. The Hall–Kier alpha value is -2.11. The van der Waals surface area contributed by atoms with Crippen LogP contribution in [-0.2, 0) is 0 Å². The van der Waals surface area contributed by atoms with Crippen molar-refractivity contribution in [2.75, 3.05) is 5.75 Å². The minimum Gasteiger partial charge on any atom is -0.350 e. The molecule has 0 atom stereocenters. The molecule has 0 aliphatic rings. The SMILES string of the molecule is C(#Cc1ccccc1)CSc1cc2ccccc2[nH]1. The lowest BCUT2D eigenvalue weighted by Gasteiger charge is -1.90. The lowest BCUT2D eigenvalue weighted by molar-refractivity contribution is 1.24. The minimum atomic E-state index is 0.793. The molecule has 0 aliphatic heterocycles. The molecule has 0 saturated heterocycles. The zero-order valence-corrected chi connectivity index (χ0v) is 11.2. The summed E-state index contributed by atoms with van der Waals surface area (Å²) in [5, 5.41) is 2.42. The van der Waals surface area contributed by atoms with Gasteiger partial charge < -0.3 is 4.98 Å². The molecule has 3 aromatic rings. The summed E-state index contributed by atoms with van der Waals surface area (Å²) in [4.78, 5) is 3.39. The van der Waals surface area contributed by atoms with E-state index in [2.05, 4.69) is 41.1 Å². The van der Waals surface area contributed by atoms with E-state index in [9.17, 15) is 0 Å². The number of rotatable bonds is 2. The van der Waals surface area contributed by atoms with Crippen molar-refractivity contribution in [1.29, 1.82) is 0 Å². The van der Waals surface area contributed by atoms with Gasteiger partial charge in [-0.2, -0.15) is 0 Å². The highest BCUT2D eigenvalue weighted by molar-refractivity contribution is 7.99. The molecule has 1 aromatic heterocycles. The van der Waals surface area contributed by atoms with E-state index in [1.807, 2.05) is 36.4 Å². The third kappa shape index (κ3) is 3.01. The first kappa shape index (κ1) is 12.0. The zero-order valence-electron chi connectivity index (χ0n) is 10.4. The Bertz CT molecular complexity index is 699. The van der Waals surface area contributed by atoms with Gasteiger partial charge in [0.05, 0.1) is 10.8 Å². The number of benzene rings is 2. The molecule has 0 saturated carbocycles. The number of aromatic nitrogens is 1. The van der Waals surface area contributed by atoms with Crippen molar-refractivity contribution in [3.63, 3.8) is 0 Å². The number of fused-ring (bicyclic) bond motifs is 1. The van der Waals surface area contributed by atoms with Crippen molar-refractivity contribution in [2.45, 2.75) is 5.03 Å². The summed E-state index contributed by atoms with van der Waals surface area (Å²) >= 11 is 1.74. The van der Waals surface area contributed by atoms with Gasteiger partial charge in [-0.3, -0.25) is 0 Å². The quantitative estimate of drug-likeness (QED) is 0.538. The van der Waals surface area contributed by atoms with Crippen LogP contribution in [0.5, 0.6) is 0 Å². The van der Waals surface area contributed by atoms with Crippen LogP contribution in [0.25, 0.3) is 10.9 Å². The van der Waals surface area contributed by atoms with Crippen LogP contribution in [-0.4, -0.2) is 10.7 Å². The smallest absolute Gasteiger partial charge is 0.0741 e. The van der Waals surface area contributed by atoms with Gasteiger partial charge in [0.25, 0.3) is 0 Å². The van der Waals surface area contributed by atoms with Crippen molar-refractivity contribution in [2.24, 2.45) is 0 Å². The molecule has 3 rings (SSSR count). The summed E-state index contributed by atoms with van der Waals surface area (Å²) in [5.41, 5.74) is 2.25. The van der Waals surface area contributed by atoms with Crippen molar-refractivity contribution >= 4 is 22.7 Å². The van der Waals surface area contributed by atoms with Crippen molar-refractivity contribution in [1.82, 2.24) is 4.98 Å². The number of hydrogen-bond donors (Lipinski definition) is 1. The first-order valence-electron chi connectivity index (χ1n) is 6.16. The van der Waals surface area contributed by atoms with E-state index < -0.39 is 0 Å². The summed E-state index contributed by atoms with van der Waals surface area (Å²) in [6.07, 6.45) is 0. The van der Waals surface area contributed by atoms with Crippen LogP contribution in [0, 0.1) is 11.8 Å². The molecular weight excluding hydrogens is 250 g/mol. The van der Waals surface area contributed by atoms with Crippen molar-refractivity contribution in [3.8, 4) is 11.8 Å². The van der Waals surface area contributed by atoms with E-state index in [1.54, 1.807) is 11.8 Å². The Balaban J connectivity index is 1.65. The predicted molar refractivity (Wildman–Crippen MR) is 82.3 cm³/mol. The summed E-state index contributed by atoms with van der Waals surface area (Å²) in [6, 6.07) is 20.6. The van der Waals surface area contributed by atoms with Crippen LogP contribution in [0.3, 0.4) is 0 Å². The topological polar surface area (TPSA) is 15.8 Å². The molecule has 1 heterocycles. The van der Waals surface area contributed by atoms with E-state index in [0.717, 1.165) is 11.3 Å². The van der Waals surface area contributed by atoms with Gasteiger partial charge in [0, 0.05) is 16.5 Å². The Morgan fingerprint density at radius 1 is 0.947 bits per heavy atom. The van der Waals surface area contributed by atoms with Crippen LogP contribution in [0.1, 0.15) is 5.56 Å². The predicted octanol–water partition coefficient (Wildman–Crippen LogP) is 4.31. The number of hydrogen-bond acceptors (Lipinski definition) is 1. The molecule has 19 heavy (non-hydrogen) atoms. The summed E-state index contributed by atoms with van der Waals surface area (Å²) < 4.78 is 0. The second kappa shape index (κ2) is 5.69. The van der Waals surface area contributed by atoms with Gasteiger partial charge in [0.2, 0.25) is 0 Å². The highest BCUT2D eigenvalue weighted by atomic mass is 32.2. The molecule has 2 heteroatoms. The average Bonchev–Trinajstić information content (AvgIpc) is 2.87.